The van der Waals surface area contributed by atoms with Gasteiger partial charge in [0.25, 0.3) is 0 Å². The van der Waals surface area contributed by atoms with Crippen molar-refractivity contribution in [2.75, 3.05) is 20.8 Å². The molecule has 6 rings (SSSR count). The van der Waals surface area contributed by atoms with Crippen molar-refractivity contribution < 1.29 is 19.3 Å². The highest BCUT2D eigenvalue weighted by Crippen LogP contribution is 2.42. The Morgan fingerprint density at radius 1 is 0.614 bits per heavy atom. The molecule has 1 N–H and O–H groups in total. The number of hydrogen-bond donors (Lipinski definition) is 1. The van der Waals surface area contributed by atoms with Crippen molar-refractivity contribution in [1.82, 2.24) is 0 Å². The molecular formula is C40H34O4. The molecule has 0 spiro atoms. The lowest BCUT2D eigenvalue weighted by Gasteiger charge is -2.36. The number of aliphatic hydroxyl groups excluding tert-OH is 1. The van der Waals surface area contributed by atoms with Crippen LogP contribution in [0.15, 0.2) is 133 Å². The molecule has 4 nitrogen and oxygen atoms in total. The van der Waals surface area contributed by atoms with Gasteiger partial charge in [-0.1, -0.05) is 115 Å². The van der Waals surface area contributed by atoms with Crippen molar-refractivity contribution in [3.05, 3.63) is 156 Å². The molecule has 0 aliphatic carbocycles. The highest BCUT2D eigenvalue weighted by molar-refractivity contribution is 6.04. The van der Waals surface area contributed by atoms with Crippen LogP contribution in [0.3, 0.4) is 0 Å². The summed E-state index contributed by atoms with van der Waals surface area (Å²) in [5.74, 6) is 8.15. The van der Waals surface area contributed by atoms with Crippen LogP contribution in [0, 0.1) is 11.8 Å². The molecule has 1 atom stereocenters. The minimum atomic E-state index is -1.000. The molecule has 44 heavy (non-hydrogen) atoms. The third-order valence-electron chi connectivity index (χ3n) is 7.99. The predicted octanol–water partition coefficient (Wildman–Crippen LogP) is 8.12. The summed E-state index contributed by atoms with van der Waals surface area (Å²) in [6.45, 7) is 0.0674. The van der Waals surface area contributed by atoms with E-state index in [1.165, 1.54) is 0 Å². The SMILES string of the molecule is COc1ccc(C(OCC(O)CC#Cc2c3ccccc3cc3ccccc23)(c2ccccc2)c2ccc(OC)cc2)cc1. The van der Waals surface area contributed by atoms with Gasteiger partial charge in [-0.3, -0.25) is 0 Å². The lowest BCUT2D eigenvalue weighted by atomic mass is 9.80. The topological polar surface area (TPSA) is 47.9 Å². The lowest BCUT2D eigenvalue weighted by Crippen LogP contribution is -2.35. The molecule has 0 saturated carbocycles. The number of fused-ring (bicyclic) bond motifs is 2. The Labute approximate surface area is 258 Å². The Balaban J connectivity index is 1.34. The minimum absolute atomic E-state index is 0.0674. The van der Waals surface area contributed by atoms with Crippen molar-refractivity contribution in [3.8, 4) is 23.3 Å². The van der Waals surface area contributed by atoms with Crippen LogP contribution in [0.1, 0.15) is 28.7 Å². The number of methoxy groups -OCH3 is 2. The Morgan fingerprint density at radius 3 is 1.61 bits per heavy atom. The van der Waals surface area contributed by atoms with Crippen LogP contribution >= 0.6 is 0 Å². The van der Waals surface area contributed by atoms with E-state index in [2.05, 4.69) is 42.2 Å². The van der Waals surface area contributed by atoms with Gasteiger partial charge in [0.2, 0.25) is 0 Å². The van der Waals surface area contributed by atoms with Gasteiger partial charge < -0.3 is 19.3 Å². The van der Waals surface area contributed by atoms with E-state index in [4.69, 9.17) is 14.2 Å². The van der Waals surface area contributed by atoms with Crippen LogP contribution in [0.25, 0.3) is 21.5 Å². The van der Waals surface area contributed by atoms with Crippen molar-refractivity contribution in [3.63, 3.8) is 0 Å². The Kier molecular flexibility index (Phi) is 8.61. The van der Waals surface area contributed by atoms with Gasteiger partial charge >= 0.3 is 0 Å². The quantitative estimate of drug-likeness (QED) is 0.107. The normalized spacial score (nSPS) is 12.0. The summed E-state index contributed by atoms with van der Waals surface area (Å²) in [6, 6.07) is 44.6. The average molecular weight is 579 g/mol. The maximum Gasteiger partial charge on any atom is 0.143 e. The van der Waals surface area contributed by atoms with Crippen LogP contribution in [0.4, 0.5) is 0 Å². The van der Waals surface area contributed by atoms with Crippen molar-refractivity contribution in [2.45, 2.75) is 18.1 Å². The molecule has 0 fully saturated rings. The van der Waals surface area contributed by atoms with E-state index in [0.717, 1.165) is 55.3 Å². The number of rotatable bonds is 9. The third-order valence-corrected chi connectivity index (χ3v) is 7.99. The molecule has 218 valence electrons. The maximum absolute atomic E-state index is 11.3. The molecule has 0 aliphatic heterocycles. The van der Waals surface area contributed by atoms with Gasteiger partial charge in [-0.05, 0) is 68.6 Å². The predicted molar refractivity (Wildman–Crippen MR) is 177 cm³/mol. The minimum Gasteiger partial charge on any atom is -0.497 e. The molecule has 0 radical (unpaired) electrons. The summed E-state index contributed by atoms with van der Waals surface area (Å²) >= 11 is 0. The Hall–Kier alpha value is -5.08. The smallest absolute Gasteiger partial charge is 0.143 e. The van der Waals surface area contributed by atoms with E-state index in [0.29, 0.717) is 0 Å². The molecular weight excluding hydrogens is 544 g/mol. The fourth-order valence-electron chi connectivity index (χ4n) is 5.76. The van der Waals surface area contributed by atoms with Gasteiger partial charge in [-0.2, -0.15) is 0 Å². The molecule has 0 saturated heterocycles. The van der Waals surface area contributed by atoms with Gasteiger partial charge in [-0.15, -0.1) is 0 Å². The maximum atomic E-state index is 11.3. The molecule has 0 bridgehead atoms. The number of hydrogen-bond acceptors (Lipinski definition) is 4. The monoisotopic (exact) mass is 578 g/mol. The summed E-state index contributed by atoms with van der Waals surface area (Å²) in [7, 11) is 3.30. The van der Waals surface area contributed by atoms with Gasteiger partial charge in [0.15, 0.2) is 0 Å². The lowest BCUT2D eigenvalue weighted by molar-refractivity contribution is -0.0363. The highest BCUT2D eigenvalue weighted by Gasteiger charge is 2.38. The standard InChI is InChI=1S/C40H34O4/c1-42-35-23-19-32(20-24-35)40(31-13-4-3-5-14-31,33-21-25-36(43-2)26-22-33)44-28-34(41)15-10-18-39-37-16-8-6-11-29(37)27-30-12-7-9-17-38(30)39/h3-9,11-14,16-17,19-27,34,41H,15,28H2,1-2H3. The second-order valence-electron chi connectivity index (χ2n) is 10.7. The second-order valence-corrected chi connectivity index (χ2v) is 10.7. The molecule has 0 aromatic heterocycles. The number of ether oxygens (including phenoxy) is 3. The summed E-state index contributed by atoms with van der Waals surface area (Å²) in [5.41, 5.74) is 2.74. The summed E-state index contributed by atoms with van der Waals surface area (Å²) in [5, 5.41) is 15.8. The van der Waals surface area contributed by atoms with E-state index in [1.807, 2.05) is 103 Å². The van der Waals surface area contributed by atoms with Crippen LogP contribution in [-0.4, -0.2) is 32.0 Å². The summed E-state index contributed by atoms with van der Waals surface area (Å²) < 4.78 is 17.7. The zero-order chi connectivity index (χ0) is 30.4. The first-order valence-corrected chi connectivity index (χ1v) is 14.7. The van der Waals surface area contributed by atoms with Crippen LogP contribution in [-0.2, 0) is 10.3 Å². The molecule has 6 aromatic rings. The molecule has 6 aromatic carbocycles. The fourth-order valence-corrected chi connectivity index (χ4v) is 5.76. The van der Waals surface area contributed by atoms with E-state index in [9.17, 15) is 5.11 Å². The van der Waals surface area contributed by atoms with Crippen molar-refractivity contribution in [1.29, 1.82) is 0 Å². The first kappa shape index (κ1) is 29.0. The first-order chi connectivity index (χ1) is 21.6. The van der Waals surface area contributed by atoms with Gasteiger partial charge in [0, 0.05) is 12.0 Å². The largest absolute Gasteiger partial charge is 0.497 e. The van der Waals surface area contributed by atoms with Crippen molar-refractivity contribution >= 4 is 21.5 Å². The van der Waals surface area contributed by atoms with Gasteiger partial charge in [-0.25, -0.2) is 0 Å². The Morgan fingerprint density at radius 2 is 1.09 bits per heavy atom. The third kappa shape index (κ3) is 5.76. The van der Waals surface area contributed by atoms with E-state index in [-0.39, 0.29) is 13.0 Å². The van der Waals surface area contributed by atoms with Crippen LogP contribution in [0.5, 0.6) is 11.5 Å². The zero-order valence-electron chi connectivity index (χ0n) is 24.9. The first-order valence-electron chi connectivity index (χ1n) is 14.7. The average Bonchev–Trinajstić information content (AvgIpc) is 3.09. The van der Waals surface area contributed by atoms with Gasteiger partial charge in [0.05, 0.1) is 26.9 Å². The number of aliphatic hydroxyl groups is 1. The fraction of sp³-hybridized carbons (Fsp3) is 0.150. The molecule has 4 heteroatoms. The summed E-state index contributed by atoms with van der Waals surface area (Å²) in [4.78, 5) is 0. The molecule has 0 heterocycles. The summed E-state index contributed by atoms with van der Waals surface area (Å²) in [6.07, 6.45) is -0.559. The molecule has 1 unspecified atom stereocenters. The van der Waals surface area contributed by atoms with E-state index < -0.39 is 11.7 Å². The van der Waals surface area contributed by atoms with Crippen LogP contribution in [0.2, 0.25) is 0 Å². The van der Waals surface area contributed by atoms with E-state index >= 15 is 0 Å². The van der Waals surface area contributed by atoms with E-state index in [1.54, 1.807) is 14.2 Å². The zero-order valence-corrected chi connectivity index (χ0v) is 24.9. The van der Waals surface area contributed by atoms with Crippen LogP contribution < -0.4 is 9.47 Å². The highest BCUT2D eigenvalue weighted by atomic mass is 16.5. The number of benzene rings is 6. The van der Waals surface area contributed by atoms with Crippen molar-refractivity contribution in [2.24, 2.45) is 0 Å². The molecule has 0 amide bonds. The second kappa shape index (κ2) is 13.1. The Bertz CT molecular complexity index is 1820. The van der Waals surface area contributed by atoms with Gasteiger partial charge in [0.1, 0.15) is 17.1 Å². The molecule has 0 aliphatic rings.